The SMILES string of the molecule is CC(=O)Nc1cc(NC(=O)C2CC=CCC2C(=O)O)ccc1Cl. The maximum Gasteiger partial charge on any atom is 0.307 e. The number of amides is 2. The molecule has 0 saturated carbocycles. The van der Waals surface area contributed by atoms with Crippen LogP contribution in [0.15, 0.2) is 30.4 Å². The summed E-state index contributed by atoms with van der Waals surface area (Å²) >= 11 is 5.98. The number of carbonyl (C=O) groups is 3. The van der Waals surface area contributed by atoms with Crippen molar-refractivity contribution in [1.29, 1.82) is 0 Å². The van der Waals surface area contributed by atoms with Crippen molar-refractivity contribution >= 4 is 40.8 Å². The smallest absolute Gasteiger partial charge is 0.307 e. The maximum absolute atomic E-state index is 12.4. The highest BCUT2D eigenvalue weighted by Gasteiger charge is 2.33. The molecule has 0 heterocycles. The quantitative estimate of drug-likeness (QED) is 0.737. The minimum atomic E-state index is -0.982. The van der Waals surface area contributed by atoms with Gasteiger partial charge in [-0.1, -0.05) is 23.8 Å². The molecule has 2 rings (SSSR count). The summed E-state index contributed by atoms with van der Waals surface area (Å²) in [6, 6.07) is 4.69. The zero-order valence-electron chi connectivity index (χ0n) is 12.5. The van der Waals surface area contributed by atoms with Crippen molar-refractivity contribution in [2.75, 3.05) is 10.6 Å². The molecule has 122 valence electrons. The number of hydrogen-bond acceptors (Lipinski definition) is 3. The van der Waals surface area contributed by atoms with Crippen molar-refractivity contribution in [1.82, 2.24) is 0 Å². The molecule has 1 aliphatic rings. The molecule has 1 aromatic rings. The van der Waals surface area contributed by atoms with E-state index < -0.39 is 17.8 Å². The fourth-order valence-electron chi connectivity index (χ4n) is 2.50. The van der Waals surface area contributed by atoms with E-state index in [-0.39, 0.29) is 11.8 Å². The first kappa shape index (κ1) is 17.0. The number of carboxylic acids is 1. The summed E-state index contributed by atoms with van der Waals surface area (Å²) in [6.45, 7) is 1.35. The number of carbonyl (C=O) groups excluding carboxylic acids is 2. The van der Waals surface area contributed by atoms with E-state index in [1.165, 1.54) is 13.0 Å². The molecule has 2 amide bonds. The van der Waals surface area contributed by atoms with E-state index >= 15 is 0 Å². The Morgan fingerprint density at radius 3 is 2.39 bits per heavy atom. The van der Waals surface area contributed by atoms with Gasteiger partial charge in [0.2, 0.25) is 11.8 Å². The first-order valence-corrected chi connectivity index (χ1v) is 7.52. The Morgan fingerprint density at radius 2 is 1.78 bits per heavy atom. The van der Waals surface area contributed by atoms with E-state index in [0.29, 0.717) is 29.2 Å². The Kier molecular flexibility index (Phi) is 5.39. The Balaban J connectivity index is 2.15. The van der Waals surface area contributed by atoms with Crippen molar-refractivity contribution in [3.63, 3.8) is 0 Å². The lowest BCUT2D eigenvalue weighted by molar-refractivity contribution is -0.146. The highest BCUT2D eigenvalue weighted by atomic mass is 35.5. The van der Waals surface area contributed by atoms with Gasteiger partial charge in [0.05, 0.1) is 22.5 Å². The molecule has 23 heavy (non-hydrogen) atoms. The third-order valence-electron chi connectivity index (χ3n) is 3.63. The second-order valence-electron chi connectivity index (χ2n) is 5.36. The van der Waals surface area contributed by atoms with Crippen LogP contribution in [0.2, 0.25) is 5.02 Å². The molecule has 0 spiro atoms. The number of allylic oxidation sites excluding steroid dienone is 2. The average Bonchev–Trinajstić information content (AvgIpc) is 2.50. The van der Waals surface area contributed by atoms with Gasteiger partial charge in [-0.05, 0) is 31.0 Å². The van der Waals surface area contributed by atoms with Crippen molar-refractivity contribution in [3.05, 3.63) is 35.4 Å². The predicted octanol–water partition coefficient (Wildman–Crippen LogP) is 2.90. The van der Waals surface area contributed by atoms with Gasteiger partial charge in [-0.15, -0.1) is 0 Å². The van der Waals surface area contributed by atoms with Crippen molar-refractivity contribution in [2.45, 2.75) is 19.8 Å². The fraction of sp³-hybridized carbons (Fsp3) is 0.312. The zero-order valence-corrected chi connectivity index (χ0v) is 13.3. The lowest BCUT2D eigenvalue weighted by Gasteiger charge is -2.24. The summed E-state index contributed by atoms with van der Waals surface area (Å²) in [6.07, 6.45) is 4.31. The van der Waals surface area contributed by atoms with Gasteiger partial charge >= 0.3 is 5.97 Å². The summed E-state index contributed by atoms with van der Waals surface area (Å²) in [5.41, 5.74) is 0.831. The van der Waals surface area contributed by atoms with Gasteiger partial charge in [0.25, 0.3) is 0 Å². The van der Waals surface area contributed by atoms with Gasteiger partial charge in [0, 0.05) is 12.6 Å². The van der Waals surface area contributed by atoms with Gasteiger partial charge in [0.15, 0.2) is 0 Å². The fourth-order valence-corrected chi connectivity index (χ4v) is 2.67. The zero-order chi connectivity index (χ0) is 17.0. The summed E-state index contributed by atoms with van der Waals surface area (Å²) in [5, 5.41) is 14.8. The minimum Gasteiger partial charge on any atom is -0.481 e. The van der Waals surface area contributed by atoms with Gasteiger partial charge in [-0.25, -0.2) is 0 Å². The largest absolute Gasteiger partial charge is 0.481 e. The van der Waals surface area contributed by atoms with Gasteiger partial charge in [-0.3, -0.25) is 14.4 Å². The molecule has 7 heteroatoms. The molecule has 0 saturated heterocycles. The number of aliphatic carboxylic acids is 1. The average molecular weight is 337 g/mol. The van der Waals surface area contributed by atoms with Crippen LogP contribution in [-0.2, 0) is 14.4 Å². The molecule has 2 atom stereocenters. The maximum atomic E-state index is 12.4. The van der Waals surface area contributed by atoms with Crippen molar-refractivity contribution < 1.29 is 19.5 Å². The lowest BCUT2D eigenvalue weighted by Crippen LogP contribution is -2.34. The topological polar surface area (TPSA) is 95.5 Å². The van der Waals surface area contributed by atoms with Crippen LogP contribution in [0.5, 0.6) is 0 Å². The third kappa shape index (κ3) is 4.32. The molecule has 0 aromatic heterocycles. The van der Waals surface area contributed by atoms with Crippen LogP contribution in [-0.4, -0.2) is 22.9 Å². The van der Waals surface area contributed by atoms with E-state index in [4.69, 9.17) is 11.6 Å². The summed E-state index contributed by atoms with van der Waals surface area (Å²) < 4.78 is 0. The molecule has 0 fully saturated rings. The Labute approximate surface area is 138 Å². The Hall–Kier alpha value is -2.34. The Bertz CT molecular complexity index is 672. The van der Waals surface area contributed by atoms with Crippen LogP contribution in [0, 0.1) is 11.8 Å². The molecule has 3 N–H and O–H groups in total. The molecule has 0 bridgehead atoms. The molecule has 6 nitrogen and oxygen atoms in total. The molecule has 1 aliphatic carbocycles. The lowest BCUT2D eigenvalue weighted by atomic mass is 9.82. The molecule has 0 aliphatic heterocycles. The summed E-state index contributed by atoms with van der Waals surface area (Å²) in [7, 11) is 0. The van der Waals surface area contributed by atoms with Crippen LogP contribution in [0.3, 0.4) is 0 Å². The van der Waals surface area contributed by atoms with Gasteiger partial charge in [-0.2, -0.15) is 0 Å². The first-order chi connectivity index (χ1) is 10.9. The second kappa shape index (κ2) is 7.28. The second-order valence-corrected chi connectivity index (χ2v) is 5.77. The van der Waals surface area contributed by atoms with Crippen molar-refractivity contribution in [3.8, 4) is 0 Å². The van der Waals surface area contributed by atoms with Crippen LogP contribution in [0.4, 0.5) is 11.4 Å². The highest BCUT2D eigenvalue weighted by Crippen LogP contribution is 2.29. The number of anilines is 2. The van der Waals surface area contributed by atoms with E-state index in [9.17, 15) is 19.5 Å². The van der Waals surface area contributed by atoms with Crippen LogP contribution in [0.25, 0.3) is 0 Å². The number of halogens is 1. The highest BCUT2D eigenvalue weighted by molar-refractivity contribution is 6.33. The molecule has 1 aromatic carbocycles. The summed E-state index contributed by atoms with van der Waals surface area (Å²) in [4.78, 5) is 34.8. The van der Waals surface area contributed by atoms with Crippen molar-refractivity contribution in [2.24, 2.45) is 11.8 Å². The van der Waals surface area contributed by atoms with E-state index in [1.54, 1.807) is 18.2 Å². The standard InChI is InChI=1S/C16H17ClN2O4/c1-9(20)18-14-8-10(6-7-13(14)17)19-15(21)11-4-2-3-5-12(11)16(22)23/h2-3,6-8,11-12H,4-5H2,1H3,(H,18,20)(H,19,21)(H,22,23). The van der Waals surface area contributed by atoms with Gasteiger partial charge in [0.1, 0.15) is 0 Å². The van der Waals surface area contributed by atoms with Crippen LogP contribution in [0.1, 0.15) is 19.8 Å². The number of carboxylic acid groups (broad SMARTS) is 1. The van der Waals surface area contributed by atoms with Crippen LogP contribution < -0.4 is 10.6 Å². The normalized spacial score (nSPS) is 19.9. The number of benzene rings is 1. The van der Waals surface area contributed by atoms with E-state index in [0.717, 1.165) is 0 Å². The molecule has 0 radical (unpaired) electrons. The number of nitrogens with one attached hydrogen (secondary N) is 2. The Morgan fingerprint density at radius 1 is 1.13 bits per heavy atom. The minimum absolute atomic E-state index is 0.279. The van der Waals surface area contributed by atoms with E-state index in [2.05, 4.69) is 10.6 Å². The van der Waals surface area contributed by atoms with Gasteiger partial charge < -0.3 is 15.7 Å². The monoisotopic (exact) mass is 336 g/mol. The van der Waals surface area contributed by atoms with E-state index in [1.807, 2.05) is 6.08 Å². The predicted molar refractivity (Wildman–Crippen MR) is 87.4 cm³/mol. The third-order valence-corrected chi connectivity index (χ3v) is 3.96. The number of rotatable bonds is 4. The molecular weight excluding hydrogens is 320 g/mol. The number of hydrogen-bond donors (Lipinski definition) is 3. The molecule has 2 unspecified atom stereocenters. The molecular formula is C16H17ClN2O4. The first-order valence-electron chi connectivity index (χ1n) is 7.14. The summed E-state index contributed by atoms with van der Waals surface area (Å²) in [5.74, 6) is -2.99. The van der Waals surface area contributed by atoms with Crippen LogP contribution >= 0.6 is 11.6 Å².